The average Bonchev–Trinajstić information content (AvgIpc) is 2.32. The van der Waals surface area contributed by atoms with Crippen molar-refractivity contribution in [2.45, 2.75) is 13.8 Å². The molecule has 0 saturated heterocycles. The number of benzene rings is 2. The lowest BCUT2D eigenvalue weighted by atomic mass is 9.96. The first-order chi connectivity index (χ1) is 8.49. The van der Waals surface area contributed by atoms with Gasteiger partial charge in [0.05, 0.1) is 5.56 Å². The van der Waals surface area contributed by atoms with Gasteiger partial charge in [-0.3, -0.25) is 0 Å². The van der Waals surface area contributed by atoms with Crippen molar-refractivity contribution < 1.29 is 14.3 Å². The molecule has 18 heavy (non-hydrogen) atoms. The fourth-order valence-corrected chi connectivity index (χ4v) is 1.85. The van der Waals surface area contributed by atoms with Crippen molar-refractivity contribution in [2.24, 2.45) is 0 Å². The molecule has 0 radical (unpaired) electrons. The van der Waals surface area contributed by atoms with Gasteiger partial charge in [0.1, 0.15) is 5.82 Å². The van der Waals surface area contributed by atoms with Crippen LogP contribution in [0.15, 0.2) is 36.4 Å². The molecule has 0 spiro atoms. The van der Waals surface area contributed by atoms with Gasteiger partial charge in [-0.05, 0) is 48.2 Å². The molecule has 1 N–H and O–H groups in total. The Kier molecular flexibility index (Phi) is 3.15. The van der Waals surface area contributed by atoms with Gasteiger partial charge in [0.15, 0.2) is 0 Å². The third-order valence-electron chi connectivity index (χ3n) is 3.03. The highest BCUT2D eigenvalue weighted by Crippen LogP contribution is 2.26. The van der Waals surface area contributed by atoms with Gasteiger partial charge < -0.3 is 5.11 Å². The summed E-state index contributed by atoms with van der Waals surface area (Å²) in [5, 5.41) is 9.11. The minimum Gasteiger partial charge on any atom is -0.478 e. The summed E-state index contributed by atoms with van der Waals surface area (Å²) in [6, 6.07) is 9.52. The van der Waals surface area contributed by atoms with Crippen LogP contribution in [0.5, 0.6) is 0 Å². The summed E-state index contributed by atoms with van der Waals surface area (Å²) >= 11 is 0. The van der Waals surface area contributed by atoms with Crippen LogP contribution < -0.4 is 0 Å². The first kappa shape index (κ1) is 12.3. The molecule has 2 aromatic rings. The molecule has 0 saturated carbocycles. The van der Waals surface area contributed by atoms with Crippen LogP contribution in [-0.2, 0) is 0 Å². The molecule has 0 bridgehead atoms. The molecule has 2 rings (SSSR count). The Bertz CT molecular complexity index is 618. The first-order valence-corrected chi connectivity index (χ1v) is 5.59. The lowest BCUT2D eigenvalue weighted by molar-refractivity contribution is 0.0697. The summed E-state index contributed by atoms with van der Waals surface area (Å²) in [6.07, 6.45) is 0. The molecule has 2 aromatic carbocycles. The SMILES string of the molecule is Cc1ccc(-c2ccc(F)cc2C(=O)O)cc1C. The van der Waals surface area contributed by atoms with Crippen LogP contribution >= 0.6 is 0 Å². The van der Waals surface area contributed by atoms with Crippen molar-refractivity contribution in [1.29, 1.82) is 0 Å². The van der Waals surface area contributed by atoms with E-state index >= 15 is 0 Å². The van der Waals surface area contributed by atoms with Crippen LogP contribution in [0.3, 0.4) is 0 Å². The van der Waals surface area contributed by atoms with Crippen molar-refractivity contribution in [3.05, 3.63) is 58.9 Å². The van der Waals surface area contributed by atoms with Crippen LogP contribution in [-0.4, -0.2) is 11.1 Å². The Morgan fingerprint density at radius 2 is 1.78 bits per heavy atom. The lowest BCUT2D eigenvalue weighted by Gasteiger charge is -2.09. The zero-order valence-corrected chi connectivity index (χ0v) is 10.2. The minimum atomic E-state index is -1.12. The van der Waals surface area contributed by atoms with Gasteiger partial charge in [0.25, 0.3) is 0 Å². The van der Waals surface area contributed by atoms with Gasteiger partial charge >= 0.3 is 5.97 Å². The highest BCUT2D eigenvalue weighted by Gasteiger charge is 2.13. The fourth-order valence-electron chi connectivity index (χ4n) is 1.85. The van der Waals surface area contributed by atoms with E-state index in [1.54, 1.807) is 0 Å². The van der Waals surface area contributed by atoms with Crippen LogP contribution in [0.25, 0.3) is 11.1 Å². The standard InChI is InChI=1S/C15H13FO2/c1-9-3-4-11(7-10(9)2)13-6-5-12(16)8-14(13)15(17)18/h3-8H,1-2H3,(H,17,18). The number of carboxylic acid groups (broad SMARTS) is 1. The first-order valence-electron chi connectivity index (χ1n) is 5.59. The largest absolute Gasteiger partial charge is 0.478 e. The molecule has 0 aromatic heterocycles. The summed E-state index contributed by atoms with van der Waals surface area (Å²) < 4.78 is 13.1. The second-order valence-electron chi connectivity index (χ2n) is 4.29. The van der Waals surface area contributed by atoms with Crippen molar-refractivity contribution >= 4 is 5.97 Å². The van der Waals surface area contributed by atoms with E-state index in [0.717, 1.165) is 22.8 Å². The van der Waals surface area contributed by atoms with E-state index in [0.29, 0.717) is 5.56 Å². The van der Waals surface area contributed by atoms with Gasteiger partial charge in [0.2, 0.25) is 0 Å². The maximum Gasteiger partial charge on any atom is 0.336 e. The van der Waals surface area contributed by atoms with Crippen molar-refractivity contribution in [3.63, 3.8) is 0 Å². The van der Waals surface area contributed by atoms with E-state index in [9.17, 15) is 9.18 Å². The van der Waals surface area contributed by atoms with Gasteiger partial charge in [-0.15, -0.1) is 0 Å². The molecule has 0 atom stereocenters. The number of halogens is 1. The predicted molar refractivity (Wildman–Crippen MR) is 68.3 cm³/mol. The molecule has 0 fully saturated rings. The minimum absolute atomic E-state index is 0.0155. The highest BCUT2D eigenvalue weighted by atomic mass is 19.1. The Balaban J connectivity index is 2.63. The summed E-state index contributed by atoms with van der Waals surface area (Å²) in [4.78, 5) is 11.1. The Morgan fingerprint density at radius 1 is 1.06 bits per heavy atom. The van der Waals surface area contributed by atoms with Crippen molar-refractivity contribution in [2.75, 3.05) is 0 Å². The van der Waals surface area contributed by atoms with E-state index < -0.39 is 11.8 Å². The van der Waals surface area contributed by atoms with Gasteiger partial charge in [-0.1, -0.05) is 24.3 Å². The molecule has 0 aliphatic heterocycles. The summed E-state index contributed by atoms with van der Waals surface area (Å²) in [6.45, 7) is 3.95. The molecule has 0 unspecified atom stereocenters. The number of aromatic carboxylic acids is 1. The van der Waals surface area contributed by atoms with E-state index in [1.807, 2.05) is 32.0 Å². The Morgan fingerprint density at radius 3 is 2.39 bits per heavy atom. The van der Waals surface area contributed by atoms with E-state index in [2.05, 4.69) is 0 Å². The molecule has 0 heterocycles. The number of rotatable bonds is 2. The Hall–Kier alpha value is -2.16. The lowest BCUT2D eigenvalue weighted by Crippen LogP contribution is -2.00. The molecule has 0 amide bonds. The monoisotopic (exact) mass is 244 g/mol. The van der Waals surface area contributed by atoms with Crippen LogP contribution in [0.2, 0.25) is 0 Å². The van der Waals surface area contributed by atoms with Gasteiger partial charge in [-0.25, -0.2) is 9.18 Å². The normalized spacial score (nSPS) is 10.4. The molecule has 92 valence electrons. The number of carboxylic acids is 1. The quantitative estimate of drug-likeness (QED) is 0.872. The second kappa shape index (κ2) is 4.61. The number of hydrogen-bond acceptors (Lipinski definition) is 1. The maximum atomic E-state index is 13.1. The Labute approximate surface area is 105 Å². The fraction of sp³-hybridized carbons (Fsp3) is 0.133. The third-order valence-corrected chi connectivity index (χ3v) is 3.03. The molecule has 0 aliphatic carbocycles. The smallest absolute Gasteiger partial charge is 0.336 e. The second-order valence-corrected chi connectivity index (χ2v) is 4.29. The van der Waals surface area contributed by atoms with Gasteiger partial charge in [-0.2, -0.15) is 0 Å². The average molecular weight is 244 g/mol. The van der Waals surface area contributed by atoms with Crippen LogP contribution in [0.1, 0.15) is 21.5 Å². The number of hydrogen-bond donors (Lipinski definition) is 1. The van der Waals surface area contributed by atoms with Crippen LogP contribution in [0, 0.1) is 19.7 Å². The van der Waals surface area contributed by atoms with Gasteiger partial charge in [0, 0.05) is 0 Å². The van der Waals surface area contributed by atoms with Crippen molar-refractivity contribution in [1.82, 2.24) is 0 Å². The zero-order chi connectivity index (χ0) is 13.3. The van der Waals surface area contributed by atoms with Crippen LogP contribution in [0.4, 0.5) is 4.39 Å². The van der Waals surface area contributed by atoms with E-state index in [-0.39, 0.29) is 5.56 Å². The predicted octanol–water partition coefficient (Wildman–Crippen LogP) is 3.81. The summed E-state index contributed by atoms with van der Waals surface area (Å²) in [5.41, 5.74) is 3.52. The highest BCUT2D eigenvalue weighted by molar-refractivity contribution is 5.96. The number of aryl methyl sites for hydroxylation is 2. The van der Waals surface area contributed by atoms with Crippen molar-refractivity contribution in [3.8, 4) is 11.1 Å². The molecule has 3 heteroatoms. The topological polar surface area (TPSA) is 37.3 Å². The molecule has 0 aliphatic rings. The van der Waals surface area contributed by atoms with E-state index in [4.69, 9.17) is 5.11 Å². The maximum absolute atomic E-state index is 13.1. The number of carbonyl (C=O) groups is 1. The third kappa shape index (κ3) is 2.25. The van der Waals surface area contributed by atoms with E-state index in [1.165, 1.54) is 12.1 Å². The molecular weight excluding hydrogens is 231 g/mol. The summed E-state index contributed by atoms with van der Waals surface area (Å²) in [5.74, 6) is -1.66. The molecular formula is C15H13FO2. The molecule has 2 nitrogen and oxygen atoms in total. The zero-order valence-electron chi connectivity index (χ0n) is 10.2. The summed E-state index contributed by atoms with van der Waals surface area (Å²) in [7, 11) is 0.